The van der Waals surface area contributed by atoms with Crippen molar-refractivity contribution in [2.75, 3.05) is 6.54 Å². The van der Waals surface area contributed by atoms with Crippen molar-refractivity contribution in [3.05, 3.63) is 40.0 Å². The van der Waals surface area contributed by atoms with E-state index in [2.05, 4.69) is 22.4 Å². The van der Waals surface area contributed by atoms with E-state index in [1.807, 2.05) is 23.7 Å². The van der Waals surface area contributed by atoms with Gasteiger partial charge in [0.05, 0.1) is 18.2 Å². The monoisotopic (exact) mass is 263 g/mol. The van der Waals surface area contributed by atoms with E-state index in [0.717, 1.165) is 35.6 Å². The quantitative estimate of drug-likeness (QED) is 0.604. The van der Waals surface area contributed by atoms with Crippen LogP contribution in [-0.2, 0) is 0 Å². The number of hydrogen-bond acceptors (Lipinski definition) is 4. The molecule has 0 amide bonds. The highest BCUT2D eigenvalue weighted by atomic mass is 32.1. The average molecular weight is 263 g/mol. The first-order valence-electron chi connectivity index (χ1n) is 6.06. The van der Waals surface area contributed by atoms with Crippen LogP contribution in [0.3, 0.4) is 0 Å². The van der Waals surface area contributed by atoms with E-state index >= 15 is 0 Å². The number of thiazole rings is 1. The van der Waals surface area contributed by atoms with Gasteiger partial charge in [-0.15, -0.1) is 11.3 Å². The lowest BCUT2D eigenvalue weighted by Crippen LogP contribution is -2.12. The molecule has 0 saturated heterocycles. The van der Waals surface area contributed by atoms with Crippen LogP contribution in [0.1, 0.15) is 31.2 Å². The Morgan fingerprint density at radius 2 is 2.39 bits per heavy atom. The fraction of sp³-hybridized carbons (Fsp3) is 0.385. The summed E-state index contributed by atoms with van der Waals surface area (Å²) in [6, 6.07) is 3.72. The van der Waals surface area contributed by atoms with Crippen molar-refractivity contribution < 1.29 is 4.42 Å². The summed E-state index contributed by atoms with van der Waals surface area (Å²) in [4.78, 5) is 5.49. The molecule has 0 atom stereocenters. The van der Waals surface area contributed by atoms with Crippen molar-refractivity contribution in [3.8, 4) is 0 Å². The lowest BCUT2D eigenvalue weighted by Gasteiger charge is -1.96. The SMILES string of the molecule is CCCCN=c1scc(C)n1/N=C/c1ccco1. The summed E-state index contributed by atoms with van der Waals surface area (Å²) >= 11 is 1.62. The maximum Gasteiger partial charge on any atom is 0.205 e. The minimum Gasteiger partial charge on any atom is -0.463 e. The first-order valence-corrected chi connectivity index (χ1v) is 6.94. The molecule has 2 rings (SSSR count). The van der Waals surface area contributed by atoms with Crippen molar-refractivity contribution in [1.29, 1.82) is 0 Å². The zero-order valence-electron chi connectivity index (χ0n) is 10.7. The Bertz CT molecular complexity index is 563. The molecule has 2 heterocycles. The Labute approximate surface area is 110 Å². The Morgan fingerprint density at radius 1 is 1.50 bits per heavy atom. The van der Waals surface area contributed by atoms with Gasteiger partial charge >= 0.3 is 0 Å². The molecule has 0 spiro atoms. The van der Waals surface area contributed by atoms with E-state index in [0.29, 0.717) is 0 Å². The second-order valence-electron chi connectivity index (χ2n) is 3.97. The summed E-state index contributed by atoms with van der Waals surface area (Å²) in [5, 5.41) is 6.46. The average Bonchev–Trinajstić information content (AvgIpc) is 2.98. The second kappa shape index (κ2) is 6.35. The maximum absolute atomic E-state index is 5.22. The first kappa shape index (κ1) is 12.8. The van der Waals surface area contributed by atoms with Gasteiger partial charge in [0.2, 0.25) is 4.80 Å². The van der Waals surface area contributed by atoms with Gasteiger partial charge in [-0.25, -0.2) is 4.68 Å². The smallest absolute Gasteiger partial charge is 0.205 e. The van der Waals surface area contributed by atoms with E-state index < -0.39 is 0 Å². The Hall–Kier alpha value is -1.62. The fourth-order valence-corrected chi connectivity index (χ4v) is 2.28. The molecule has 2 aromatic rings. The van der Waals surface area contributed by atoms with Crippen LogP contribution in [0.25, 0.3) is 0 Å². The summed E-state index contributed by atoms with van der Waals surface area (Å²) in [5.41, 5.74) is 1.08. The molecule has 0 bridgehead atoms. The summed E-state index contributed by atoms with van der Waals surface area (Å²) in [6.45, 7) is 5.04. The lowest BCUT2D eigenvalue weighted by molar-refractivity contribution is 0.559. The van der Waals surface area contributed by atoms with Crippen LogP contribution < -0.4 is 4.80 Å². The topological polar surface area (TPSA) is 42.8 Å². The highest BCUT2D eigenvalue weighted by molar-refractivity contribution is 7.07. The Morgan fingerprint density at radius 3 is 3.11 bits per heavy atom. The summed E-state index contributed by atoms with van der Waals surface area (Å²) < 4.78 is 7.07. The second-order valence-corrected chi connectivity index (χ2v) is 4.80. The molecule has 4 nitrogen and oxygen atoms in total. The largest absolute Gasteiger partial charge is 0.463 e. The predicted octanol–water partition coefficient (Wildman–Crippen LogP) is 3.03. The van der Waals surface area contributed by atoms with Crippen LogP contribution in [0, 0.1) is 6.92 Å². The Kier molecular flexibility index (Phi) is 4.52. The predicted molar refractivity (Wildman–Crippen MR) is 74.1 cm³/mol. The molecule has 0 aromatic carbocycles. The van der Waals surface area contributed by atoms with Crippen LogP contribution in [0.2, 0.25) is 0 Å². The molecule has 0 radical (unpaired) electrons. The maximum atomic E-state index is 5.22. The van der Waals surface area contributed by atoms with Crippen molar-refractivity contribution in [1.82, 2.24) is 4.68 Å². The van der Waals surface area contributed by atoms with E-state index in [4.69, 9.17) is 4.42 Å². The molecule has 0 unspecified atom stereocenters. The highest BCUT2D eigenvalue weighted by Gasteiger charge is 1.98. The van der Waals surface area contributed by atoms with Crippen LogP contribution in [0.15, 0.2) is 38.3 Å². The van der Waals surface area contributed by atoms with Gasteiger partial charge in [0.1, 0.15) is 5.76 Å². The molecule has 0 N–H and O–H groups in total. The molecule has 18 heavy (non-hydrogen) atoms. The number of unbranched alkanes of at least 4 members (excludes halogenated alkanes) is 1. The molecular weight excluding hydrogens is 246 g/mol. The van der Waals surface area contributed by atoms with E-state index in [1.54, 1.807) is 23.8 Å². The number of furan rings is 1. The zero-order valence-corrected chi connectivity index (χ0v) is 11.5. The van der Waals surface area contributed by atoms with Gasteiger partial charge in [-0.1, -0.05) is 13.3 Å². The highest BCUT2D eigenvalue weighted by Crippen LogP contribution is 2.01. The normalized spacial score (nSPS) is 12.7. The van der Waals surface area contributed by atoms with Crippen LogP contribution in [0.4, 0.5) is 0 Å². The number of hydrogen-bond donors (Lipinski definition) is 0. The van der Waals surface area contributed by atoms with Crippen molar-refractivity contribution in [3.63, 3.8) is 0 Å². The molecular formula is C13H17N3OS. The van der Waals surface area contributed by atoms with Gasteiger partial charge < -0.3 is 4.42 Å². The third kappa shape index (κ3) is 3.20. The molecule has 0 saturated carbocycles. The third-order valence-corrected chi connectivity index (χ3v) is 3.42. The first-order chi connectivity index (χ1) is 8.81. The summed E-state index contributed by atoms with van der Waals surface area (Å²) in [6.07, 6.45) is 5.61. The molecule has 96 valence electrons. The molecule has 0 fully saturated rings. The van der Waals surface area contributed by atoms with Gasteiger partial charge in [0.15, 0.2) is 0 Å². The summed E-state index contributed by atoms with van der Waals surface area (Å²) in [5.74, 6) is 0.743. The third-order valence-electron chi connectivity index (χ3n) is 2.45. The van der Waals surface area contributed by atoms with E-state index in [1.165, 1.54) is 0 Å². The van der Waals surface area contributed by atoms with Gasteiger partial charge in [-0.2, -0.15) is 5.10 Å². The fourth-order valence-electron chi connectivity index (χ4n) is 1.45. The standard InChI is InChI=1S/C13H17N3OS/c1-3-4-7-14-13-16(11(2)10-18-13)15-9-12-6-5-8-17-12/h5-6,8-10H,3-4,7H2,1-2H3/b14-13?,15-9+. The van der Waals surface area contributed by atoms with Crippen LogP contribution in [-0.4, -0.2) is 17.4 Å². The summed E-state index contributed by atoms with van der Waals surface area (Å²) in [7, 11) is 0. The van der Waals surface area contributed by atoms with E-state index in [-0.39, 0.29) is 0 Å². The number of rotatable bonds is 5. The molecule has 0 aliphatic heterocycles. The molecule has 0 aliphatic rings. The minimum atomic E-state index is 0.743. The molecule has 0 aliphatic carbocycles. The molecule has 5 heteroatoms. The van der Waals surface area contributed by atoms with E-state index in [9.17, 15) is 0 Å². The lowest BCUT2D eigenvalue weighted by atomic mass is 10.3. The number of aryl methyl sites for hydroxylation is 1. The Balaban J connectivity index is 2.21. The van der Waals surface area contributed by atoms with Crippen molar-refractivity contribution in [2.45, 2.75) is 26.7 Å². The zero-order chi connectivity index (χ0) is 12.8. The molecule has 2 aromatic heterocycles. The van der Waals surface area contributed by atoms with Crippen LogP contribution in [0.5, 0.6) is 0 Å². The van der Waals surface area contributed by atoms with Crippen LogP contribution >= 0.6 is 11.3 Å². The van der Waals surface area contributed by atoms with Gasteiger partial charge in [0.25, 0.3) is 0 Å². The van der Waals surface area contributed by atoms with Crippen molar-refractivity contribution in [2.24, 2.45) is 10.1 Å². The van der Waals surface area contributed by atoms with Crippen molar-refractivity contribution >= 4 is 17.6 Å². The minimum absolute atomic E-state index is 0.743. The van der Waals surface area contributed by atoms with Gasteiger partial charge in [-0.3, -0.25) is 4.99 Å². The van der Waals surface area contributed by atoms with Gasteiger partial charge in [-0.05, 0) is 25.5 Å². The number of nitrogens with zero attached hydrogens (tertiary/aromatic N) is 3. The number of aromatic nitrogens is 1. The van der Waals surface area contributed by atoms with Gasteiger partial charge in [0, 0.05) is 11.9 Å².